The SMILES string of the molecule is CC/C=C\C/C=C\C/C=C\C/C=C\CCCCCCCCCCC(=O)OCC(COC(=O)CCCCCCCCCCC)OC(=O)CCCCCCC/C=C\CCCCC. The quantitative estimate of drug-likeness (QED) is 0.0263. The second-order valence-corrected chi connectivity index (χ2v) is 16.7. The van der Waals surface area contributed by atoms with E-state index in [1.165, 1.54) is 103 Å². The van der Waals surface area contributed by atoms with Crippen LogP contribution in [0.25, 0.3) is 0 Å². The van der Waals surface area contributed by atoms with Gasteiger partial charge in [-0.15, -0.1) is 0 Å². The van der Waals surface area contributed by atoms with Gasteiger partial charge in [-0.05, 0) is 83.5 Å². The molecule has 6 nitrogen and oxygen atoms in total. The largest absolute Gasteiger partial charge is 0.462 e. The summed E-state index contributed by atoms with van der Waals surface area (Å²) in [6.45, 7) is 6.47. The van der Waals surface area contributed by atoms with Crippen LogP contribution >= 0.6 is 0 Å². The molecule has 0 saturated carbocycles. The number of hydrogen-bond acceptors (Lipinski definition) is 6. The molecule has 0 radical (unpaired) electrons. The molecule has 0 rings (SSSR count). The van der Waals surface area contributed by atoms with Crippen LogP contribution in [0.4, 0.5) is 0 Å². The summed E-state index contributed by atoms with van der Waals surface area (Å²) in [5.41, 5.74) is 0. The van der Waals surface area contributed by atoms with Crippen molar-refractivity contribution in [2.24, 2.45) is 0 Å². The molecule has 0 aromatic rings. The Labute approximate surface area is 370 Å². The van der Waals surface area contributed by atoms with Crippen molar-refractivity contribution < 1.29 is 28.6 Å². The Hall–Kier alpha value is -2.89. The maximum atomic E-state index is 12.7. The van der Waals surface area contributed by atoms with Gasteiger partial charge in [-0.1, -0.05) is 204 Å². The van der Waals surface area contributed by atoms with Gasteiger partial charge in [-0.2, -0.15) is 0 Å². The minimum Gasteiger partial charge on any atom is -0.462 e. The van der Waals surface area contributed by atoms with E-state index in [9.17, 15) is 14.4 Å². The van der Waals surface area contributed by atoms with Crippen LogP contribution in [0.2, 0.25) is 0 Å². The maximum absolute atomic E-state index is 12.7. The zero-order valence-electron chi connectivity index (χ0n) is 39.5. The summed E-state index contributed by atoms with van der Waals surface area (Å²) >= 11 is 0. The van der Waals surface area contributed by atoms with E-state index < -0.39 is 6.10 Å². The summed E-state index contributed by atoms with van der Waals surface area (Å²) in [7, 11) is 0. The minimum atomic E-state index is -0.777. The molecule has 0 aromatic carbocycles. The number of rotatable bonds is 45. The molecule has 1 unspecified atom stereocenters. The van der Waals surface area contributed by atoms with Crippen molar-refractivity contribution in [3.8, 4) is 0 Å². The van der Waals surface area contributed by atoms with E-state index in [0.717, 1.165) is 103 Å². The van der Waals surface area contributed by atoms with Crippen LogP contribution in [-0.2, 0) is 28.6 Å². The third-order valence-corrected chi connectivity index (χ3v) is 10.8. The van der Waals surface area contributed by atoms with Gasteiger partial charge in [0, 0.05) is 19.3 Å². The van der Waals surface area contributed by atoms with Gasteiger partial charge in [0.2, 0.25) is 0 Å². The van der Waals surface area contributed by atoms with Crippen LogP contribution in [0, 0.1) is 0 Å². The van der Waals surface area contributed by atoms with E-state index in [-0.39, 0.29) is 31.1 Å². The Morgan fingerprint density at radius 3 is 1.07 bits per heavy atom. The first kappa shape index (κ1) is 57.1. The molecule has 346 valence electrons. The Kier molecular flexibility index (Phi) is 46.4. The van der Waals surface area contributed by atoms with Crippen molar-refractivity contribution in [3.63, 3.8) is 0 Å². The molecule has 0 aromatic heterocycles. The van der Waals surface area contributed by atoms with Gasteiger partial charge < -0.3 is 14.2 Å². The number of unbranched alkanes of at least 4 members (excludes halogenated alkanes) is 24. The summed E-state index contributed by atoms with van der Waals surface area (Å²) in [6, 6.07) is 0. The number of esters is 3. The maximum Gasteiger partial charge on any atom is 0.306 e. The first-order chi connectivity index (χ1) is 29.5. The molecule has 0 heterocycles. The number of carbonyl (C=O) groups excluding carboxylic acids is 3. The highest BCUT2D eigenvalue weighted by molar-refractivity contribution is 5.71. The van der Waals surface area contributed by atoms with E-state index in [0.29, 0.717) is 19.3 Å². The standard InChI is InChI=1S/C54H94O6/c1-4-7-10-13-16-19-21-23-24-25-26-27-28-29-30-31-33-35-38-41-44-47-53(56)59-50-51(49-58-52(55)46-43-40-37-34-18-15-12-9-6-3)60-54(57)48-45-42-39-36-32-22-20-17-14-11-8-5-2/h7,10,16-17,19-20,23-24,26-27,51H,4-6,8-9,11-15,18,21-22,25,28-50H2,1-3H3/b10-7-,19-16-,20-17-,24-23-,27-26-. The molecule has 6 heteroatoms. The monoisotopic (exact) mass is 839 g/mol. The van der Waals surface area contributed by atoms with E-state index in [1.54, 1.807) is 0 Å². The fourth-order valence-corrected chi connectivity index (χ4v) is 6.96. The van der Waals surface area contributed by atoms with Crippen LogP contribution in [0.1, 0.15) is 245 Å². The number of carbonyl (C=O) groups is 3. The topological polar surface area (TPSA) is 78.9 Å². The number of allylic oxidation sites excluding steroid dienone is 10. The summed E-state index contributed by atoms with van der Waals surface area (Å²) in [5, 5.41) is 0. The third kappa shape index (κ3) is 46.2. The average Bonchev–Trinajstić information content (AvgIpc) is 3.24. The lowest BCUT2D eigenvalue weighted by Gasteiger charge is -2.18. The van der Waals surface area contributed by atoms with Gasteiger partial charge in [0.25, 0.3) is 0 Å². The number of ether oxygens (including phenoxy) is 3. The normalized spacial score (nSPS) is 12.5. The minimum absolute atomic E-state index is 0.0787. The van der Waals surface area contributed by atoms with Crippen molar-refractivity contribution in [2.75, 3.05) is 13.2 Å². The van der Waals surface area contributed by atoms with Crippen molar-refractivity contribution in [1.82, 2.24) is 0 Å². The molecule has 1 atom stereocenters. The Bertz CT molecular complexity index is 1100. The fourth-order valence-electron chi connectivity index (χ4n) is 6.96. The number of hydrogen-bond donors (Lipinski definition) is 0. The van der Waals surface area contributed by atoms with E-state index in [1.807, 2.05) is 0 Å². The van der Waals surface area contributed by atoms with Crippen LogP contribution in [0.15, 0.2) is 60.8 Å². The molecular weight excluding hydrogens is 745 g/mol. The van der Waals surface area contributed by atoms with E-state index in [4.69, 9.17) is 14.2 Å². The third-order valence-electron chi connectivity index (χ3n) is 10.8. The summed E-state index contributed by atoms with van der Waals surface area (Å²) in [4.78, 5) is 37.8. The van der Waals surface area contributed by atoms with Crippen LogP contribution in [0.3, 0.4) is 0 Å². The van der Waals surface area contributed by atoms with Crippen molar-refractivity contribution in [1.29, 1.82) is 0 Å². The van der Waals surface area contributed by atoms with Crippen LogP contribution in [0.5, 0.6) is 0 Å². The van der Waals surface area contributed by atoms with Crippen LogP contribution in [-0.4, -0.2) is 37.2 Å². The average molecular weight is 839 g/mol. The van der Waals surface area contributed by atoms with Gasteiger partial charge in [-0.25, -0.2) is 0 Å². The lowest BCUT2D eigenvalue weighted by atomic mass is 10.1. The molecule has 0 saturated heterocycles. The first-order valence-electron chi connectivity index (χ1n) is 25.3. The van der Waals surface area contributed by atoms with Gasteiger partial charge in [0.15, 0.2) is 6.10 Å². The van der Waals surface area contributed by atoms with Gasteiger partial charge in [-0.3, -0.25) is 14.4 Å². The molecule has 0 fully saturated rings. The summed E-state index contributed by atoms with van der Waals surface area (Å²) in [5.74, 6) is -0.897. The molecule has 0 aliphatic rings. The zero-order valence-corrected chi connectivity index (χ0v) is 39.5. The van der Waals surface area contributed by atoms with E-state index >= 15 is 0 Å². The predicted octanol–water partition coefficient (Wildman–Crippen LogP) is 16.5. The molecule has 60 heavy (non-hydrogen) atoms. The Morgan fingerprint density at radius 2 is 0.650 bits per heavy atom. The molecule has 0 N–H and O–H groups in total. The van der Waals surface area contributed by atoms with Crippen molar-refractivity contribution >= 4 is 17.9 Å². The molecular formula is C54H94O6. The van der Waals surface area contributed by atoms with Gasteiger partial charge in [0.1, 0.15) is 13.2 Å². The fraction of sp³-hybridized carbons (Fsp3) is 0.759. The lowest BCUT2D eigenvalue weighted by molar-refractivity contribution is -0.167. The van der Waals surface area contributed by atoms with Crippen molar-refractivity contribution in [2.45, 2.75) is 252 Å². The second-order valence-electron chi connectivity index (χ2n) is 16.7. The molecule has 0 aliphatic heterocycles. The molecule has 0 aliphatic carbocycles. The first-order valence-corrected chi connectivity index (χ1v) is 25.3. The van der Waals surface area contributed by atoms with Crippen LogP contribution < -0.4 is 0 Å². The predicted molar refractivity (Wildman–Crippen MR) is 256 cm³/mol. The van der Waals surface area contributed by atoms with E-state index in [2.05, 4.69) is 81.5 Å². The van der Waals surface area contributed by atoms with Crippen molar-refractivity contribution in [3.05, 3.63) is 60.8 Å². The Balaban J connectivity index is 4.28. The molecule has 0 bridgehead atoms. The highest BCUT2D eigenvalue weighted by atomic mass is 16.6. The highest BCUT2D eigenvalue weighted by Crippen LogP contribution is 2.14. The zero-order chi connectivity index (χ0) is 43.7. The lowest BCUT2D eigenvalue weighted by Crippen LogP contribution is -2.30. The Morgan fingerprint density at radius 1 is 0.350 bits per heavy atom. The van der Waals surface area contributed by atoms with Gasteiger partial charge in [0.05, 0.1) is 0 Å². The summed E-state index contributed by atoms with van der Waals surface area (Å²) < 4.78 is 16.7. The smallest absolute Gasteiger partial charge is 0.306 e. The summed E-state index contributed by atoms with van der Waals surface area (Å²) in [6.07, 6.45) is 59.2. The molecule has 0 amide bonds. The van der Waals surface area contributed by atoms with Gasteiger partial charge >= 0.3 is 17.9 Å². The highest BCUT2D eigenvalue weighted by Gasteiger charge is 2.19. The second kappa shape index (κ2) is 48.8. The molecule has 0 spiro atoms.